The Morgan fingerprint density at radius 2 is 1.55 bits per heavy atom. The fourth-order valence-corrected chi connectivity index (χ4v) is 3.96. The predicted molar refractivity (Wildman–Crippen MR) is 50.2 cm³/mol. The highest BCUT2D eigenvalue weighted by Crippen LogP contribution is 2.20. The van der Waals surface area contributed by atoms with Gasteiger partial charge < -0.3 is 9.53 Å². The first-order valence-electron chi connectivity index (χ1n) is 4.49. The van der Waals surface area contributed by atoms with Crippen molar-refractivity contribution in [3.05, 3.63) is 0 Å². The first-order valence-corrected chi connectivity index (χ1v) is 7.02. The highest BCUT2D eigenvalue weighted by atomic mass is 28.4. The third kappa shape index (κ3) is 3.36. The van der Waals surface area contributed by atoms with Crippen molar-refractivity contribution in [1.29, 1.82) is 0 Å². The van der Waals surface area contributed by atoms with E-state index in [1.807, 2.05) is 0 Å². The fraction of sp³-hybridized carbons (Fsp3) is 1.00. The van der Waals surface area contributed by atoms with Crippen LogP contribution >= 0.6 is 0 Å². The van der Waals surface area contributed by atoms with E-state index in [2.05, 4.69) is 20.8 Å². The SMILES string of the molecule is CC[Si](CC)(CC)OCCO. The standard InChI is InChI=1S/C8H20O2Si/c1-4-11(5-2,6-3)10-8-7-9/h9H,4-8H2,1-3H3. The summed E-state index contributed by atoms with van der Waals surface area (Å²) in [6.07, 6.45) is 0. The van der Waals surface area contributed by atoms with Gasteiger partial charge in [0.25, 0.3) is 0 Å². The Hall–Kier alpha value is 0.137. The molecule has 1 N–H and O–H groups in total. The zero-order valence-corrected chi connectivity index (χ0v) is 8.89. The molecule has 0 amide bonds. The van der Waals surface area contributed by atoms with Crippen LogP contribution < -0.4 is 0 Å². The Morgan fingerprint density at radius 1 is 1.09 bits per heavy atom. The van der Waals surface area contributed by atoms with E-state index in [0.29, 0.717) is 6.61 Å². The van der Waals surface area contributed by atoms with E-state index in [4.69, 9.17) is 9.53 Å². The van der Waals surface area contributed by atoms with Gasteiger partial charge in [0, 0.05) is 0 Å². The molecule has 11 heavy (non-hydrogen) atoms. The summed E-state index contributed by atoms with van der Waals surface area (Å²) in [7, 11) is -1.40. The highest BCUT2D eigenvalue weighted by molar-refractivity contribution is 6.73. The molecule has 0 aliphatic rings. The molecule has 0 aliphatic carbocycles. The summed E-state index contributed by atoms with van der Waals surface area (Å²) in [5.41, 5.74) is 0. The Bertz CT molecular complexity index is 83.8. The molecule has 0 bridgehead atoms. The molecule has 0 atom stereocenters. The van der Waals surface area contributed by atoms with Gasteiger partial charge in [-0.3, -0.25) is 0 Å². The fourth-order valence-electron chi connectivity index (χ4n) is 1.32. The Balaban J connectivity index is 3.84. The summed E-state index contributed by atoms with van der Waals surface area (Å²) in [6, 6.07) is 3.50. The molecule has 3 heteroatoms. The number of hydrogen-bond acceptors (Lipinski definition) is 2. The number of hydrogen-bond donors (Lipinski definition) is 1. The predicted octanol–water partition coefficient (Wildman–Crippen LogP) is 2.00. The van der Waals surface area contributed by atoms with E-state index in [0.717, 1.165) is 0 Å². The lowest BCUT2D eigenvalue weighted by molar-refractivity contribution is 0.192. The molecular weight excluding hydrogens is 156 g/mol. The van der Waals surface area contributed by atoms with Crippen LogP contribution in [0.2, 0.25) is 18.1 Å². The van der Waals surface area contributed by atoms with Gasteiger partial charge in [-0.1, -0.05) is 20.8 Å². The first kappa shape index (κ1) is 11.1. The number of rotatable bonds is 6. The minimum Gasteiger partial charge on any atom is -0.414 e. The van der Waals surface area contributed by atoms with E-state index in [9.17, 15) is 0 Å². The molecule has 0 fully saturated rings. The quantitative estimate of drug-likeness (QED) is 0.627. The Morgan fingerprint density at radius 3 is 1.82 bits per heavy atom. The molecule has 0 aliphatic heterocycles. The third-order valence-electron chi connectivity index (χ3n) is 2.43. The average Bonchev–Trinajstić information content (AvgIpc) is 2.08. The van der Waals surface area contributed by atoms with Crippen LogP contribution in [0.1, 0.15) is 20.8 Å². The van der Waals surface area contributed by atoms with Crippen LogP contribution in [0, 0.1) is 0 Å². The van der Waals surface area contributed by atoms with Crippen molar-refractivity contribution in [2.75, 3.05) is 13.2 Å². The topological polar surface area (TPSA) is 29.5 Å². The second-order valence-electron chi connectivity index (χ2n) is 2.82. The van der Waals surface area contributed by atoms with Crippen molar-refractivity contribution in [2.45, 2.75) is 38.9 Å². The summed E-state index contributed by atoms with van der Waals surface area (Å²) in [6.45, 7) is 7.26. The van der Waals surface area contributed by atoms with Gasteiger partial charge in [0.15, 0.2) is 8.32 Å². The van der Waals surface area contributed by atoms with Gasteiger partial charge >= 0.3 is 0 Å². The van der Waals surface area contributed by atoms with Crippen molar-refractivity contribution in [2.24, 2.45) is 0 Å². The summed E-state index contributed by atoms with van der Waals surface area (Å²) >= 11 is 0. The van der Waals surface area contributed by atoms with Gasteiger partial charge in [0.2, 0.25) is 0 Å². The van der Waals surface area contributed by atoms with Gasteiger partial charge in [0.05, 0.1) is 13.2 Å². The van der Waals surface area contributed by atoms with Crippen LogP contribution in [-0.2, 0) is 4.43 Å². The molecule has 2 nitrogen and oxygen atoms in total. The molecule has 0 heterocycles. The maximum Gasteiger partial charge on any atom is 0.192 e. The second kappa shape index (κ2) is 5.74. The first-order chi connectivity index (χ1) is 5.24. The minimum absolute atomic E-state index is 0.161. The van der Waals surface area contributed by atoms with Crippen LogP contribution in [-0.4, -0.2) is 26.6 Å². The number of aliphatic hydroxyl groups excluding tert-OH is 1. The van der Waals surface area contributed by atoms with Crippen molar-refractivity contribution in [1.82, 2.24) is 0 Å². The number of aliphatic hydroxyl groups is 1. The molecule has 0 rings (SSSR count). The zero-order chi connectivity index (χ0) is 8.74. The van der Waals surface area contributed by atoms with Gasteiger partial charge in [-0.25, -0.2) is 0 Å². The lowest BCUT2D eigenvalue weighted by Gasteiger charge is -2.27. The smallest absolute Gasteiger partial charge is 0.192 e. The van der Waals surface area contributed by atoms with Gasteiger partial charge in [0.1, 0.15) is 0 Å². The van der Waals surface area contributed by atoms with Gasteiger partial charge in [-0.15, -0.1) is 0 Å². The molecule has 0 radical (unpaired) electrons. The van der Waals surface area contributed by atoms with E-state index in [-0.39, 0.29) is 6.61 Å². The van der Waals surface area contributed by atoms with Crippen LogP contribution in [0.3, 0.4) is 0 Å². The van der Waals surface area contributed by atoms with E-state index >= 15 is 0 Å². The van der Waals surface area contributed by atoms with Crippen molar-refractivity contribution < 1.29 is 9.53 Å². The normalized spacial score (nSPS) is 12.0. The lowest BCUT2D eigenvalue weighted by atomic mass is 10.8. The Labute approximate surface area is 70.7 Å². The summed E-state index contributed by atoms with van der Waals surface area (Å²) in [4.78, 5) is 0. The monoisotopic (exact) mass is 176 g/mol. The molecule has 0 saturated carbocycles. The maximum absolute atomic E-state index is 8.61. The lowest BCUT2D eigenvalue weighted by Crippen LogP contribution is -2.36. The minimum atomic E-state index is -1.40. The zero-order valence-electron chi connectivity index (χ0n) is 7.89. The van der Waals surface area contributed by atoms with E-state index in [1.165, 1.54) is 18.1 Å². The van der Waals surface area contributed by atoms with Gasteiger partial charge in [-0.05, 0) is 18.1 Å². The molecule has 0 aromatic heterocycles. The summed E-state index contributed by atoms with van der Waals surface area (Å²) < 4.78 is 5.72. The molecule has 0 unspecified atom stereocenters. The molecule has 0 aromatic carbocycles. The van der Waals surface area contributed by atoms with Crippen LogP contribution in [0.4, 0.5) is 0 Å². The van der Waals surface area contributed by atoms with Crippen LogP contribution in [0.5, 0.6) is 0 Å². The Kier molecular flexibility index (Phi) is 5.82. The molecule has 0 saturated heterocycles. The molecule has 0 spiro atoms. The molecule has 68 valence electrons. The van der Waals surface area contributed by atoms with Crippen molar-refractivity contribution in [3.8, 4) is 0 Å². The van der Waals surface area contributed by atoms with Gasteiger partial charge in [-0.2, -0.15) is 0 Å². The summed E-state index contributed by atoms with van der Waals surface area (Å²) in [5, 5.41) is 8.61. The maximum atomic E-state index is 8.61. The second-order valence-corrected chi connectivity index (χ2v) is 7.59. The third-order valence-corrected chi connectivity index (χ3v) is 7.12. The molecule has 0 aromatic rings. The average molecular weight is 176 g/mol. The van der Waals surface area contributed by atoms with Crippen molar-refractivity contribution >= 4 is 8.32 Å². The van der Waals surface area contributed by atoms with Crippen LogP contribution in [0.25, 0.3) is 0 Å². The van der Waals surface area contributed by atoms with E-state index in [1.54, 1.807) is 0 Å². The van der Waals surface area contributed by atoms with Crippen LogP contribution in [0.15, 0.2) is 0 Å². The van der Waals surface area contributed by atoms with E-state index < -0.39 is 8.32 Å². The highest BCUT2D eigenvalue weighted by Gasteiger charge is 2.27. The summed E-state index contributed by atoms with van der Waals surface area (Å²) in [5.74, 6) is 0. The van der Waals surface area contributed by atoms with Crippen molar-refractivity contribution in [3.63, 3.8) is 0 Å². The molecular formula is C8H20O2Si. The largest absolute Gasteiger partial charge is 0.414 e.